The Morgan fingerprint density at radius 3 is 0.633 bits per heavy atom. The first kappa shape index (κ1) is 76.9. The first-order valence-corrected chi connectivity index (χ1v) is 35.8. The number of ether oxygens (including phenoxy) is 3. The Hall–Kier alpha value is -2.11. The molecule has 0 amide bonds. The molecule has 79 heavy (non-hydrogen) atoms. The Kier molecular flexibility index (Phi) is 66.6. The smallest absolute Gasteiger partial charge is 0.306 e. The van der Waals surface area contributed by atoms with E-state index in [1.54, 1.807) is 0 Å². The van der Waals surface area contributed by atoms with E-state index < -0.39 is 6.10 Å². The fourth-order valence-corrected chi connectivity index (χ4v) is 11.0. The summed E-state index contributed by atoms with van der Waals surface area (Å²) in [6.07, 6.45) is 83.5. The van der Waals surface area contributed by atoms with Gasteiger partial charge in [0.15, 0.2) is 6.10 Å². The number of allylic oxidation sites excluding steroid dienone is 4. The lowest BCUT2D eigenvalue weighted by atomic mass is 10.0. The molecule has 0 aliphatic heterocycles. The second-order valence-electron chi connectivity index (χ2n) is 24.5. The van der Waals surface area contributed by atoms with E-state index in [4.69, 9.17) is 14.2 Å². The number of hydrogen-bond donors (Lipinski definition) is 0. The third kappa shape index (κ3) is 66.6. The molecule has 0 N–H and O–H groups in total. The summed E-state index contributed by atoms with van der Waals surface area (Å²) in [6, 6.07) is 0. The zero-order valence-electron chi connectivity index (χ0n) is 53.7. The van der Waals surface area contributed by atoms with Crippen LogP contribution >= 0.6 is 0 Å². The first-order chi connectivity index (χ1) is 39.0. The average molecular weight is 1110 g/mol. The lowest BCUT2D eigenvalue weighted by Crippen LogP contribution is -2.30. The van der Waals surface area contributed by atoms with Gasteiger partial charge in [-0.3, -0.25) is 14.4 Å². The molecule has 0 aliphatic carbocycles. The minimum absolute atomic E-state index is 0.0656. The highest BCUT2D eigenvalue weighted by Crippen LogP contribution is 2.18. The van der Waals surface area contributed by atoms with Gasteiger partial charge in [-0.25, -0.2) is 0 Å². The molecule has 6 heteroatoms. The van der Waals surface area contributed by atoms with Gasteiger partial charge in [-0.05, 0) is 70.6 Å². The predicted octanol–water partition coefficient (Wildman–Crippen LogP) is 24.6. The van der Waals surface area contributed by atoms with Crippen LogP contribution in [0.5, 0.6) is 0 Å². The summed E-state index contributed by atoms with van der Waals surface area (Å²) in [4.78, 5) is 38.5. The van der Waals surface area contributed by atoms with Crippen LogP contribution in [0.1, 0.15) is 406 Å². The van der Waals surface area contributed by atoms with Gasteiger partial charge < -0.3 is 14.2 Å². The van der Waals surface area contributed by atoms with E-state index >= 15 is 0 Å². The normalized spacial score (nSPS) is 12.1. The maximum absolute atomic E-state index is 13.0. The molecule has 0 aromatic carbocycles. The molecule has 0 fully saturated rings. The molecule has 0 saturated carbocycles. The molecule has 1 unspecified atom stereocenters. The van der Waals surface area contributed by atoms with Gasteiger partial charge in [0.2, 0.25) is 0 Å². The number of esters is 3. The quantitative estimate of drug-likeness (QED) is 0.0261. The minimum atomic E-state index is -0.770. The molecule has 0 aliphatic rings. The van der Waals surface area contributed by atoms with E-state index in [2.05, 4.69) is 45.1 Å². The van der Waals surface area contributed by atoms with Crippen LogP contribution in [0.25, 0.3) is 0 Å². The van der Waals surface area contributed by atoms with Crippen LogP contribution in [0, 0.1) is 0 Å². The molecular weight excluding hydrogens is 973 g/mol. The van der Waals surface area contributed by atoms with Gasteiger partial charge in [0.1, 0.15) is 13.2 Å². The Bertz CT molecular complexity index is 1270. The van der Waals surface area contributed by atoms with E-state index in [1.807, 2.05) is 0 Å². The third-order valence-corrected chi connectivity index (χ3v) is 16.4. The van der Waals surface area contributed by atoms with E-state index in [0.717, 1.165) is 57.8 Å². The molecule has 6 nitrogen and oxygen atoms in total. The number of hydrogen-bond acceptors (Lipinski definition) is 6. The summed E-state index contributed by atoms with van der Waals surface area (Å²) in [6.45, 7) is 6.72. The van der Waals surface area contributed by atoms with Gasteiger partial charge in [-0.2, -0.15) is 0 Å². The van der Waals surface area contributed by atoms with Gasteiger partial charge in [-0.1, -0.05) is 340 Å². The summed E-state index contributed by atoms with van der Waals surface area (Å²) in [5, 5.41) is 0. The molecule has 0 bridgehead atoms. The van der Waals surface area contributed by atoms with Gasteiger partial charge >= 0.3 is 17.9 Å². The van der Waals surface area contributed by atoms with Crippen LogP contribution in [0.15, 0.2) is 24.3 Å². The third-order valence-electron chi connectivity index (χ3n) is 16.4. The number of carbonyl (C=O) groups excluding carboxylic acids is 3. The summed E-state index contributed by atoms with van der Waals surface area (Å²) in [5.41, 5.74) is 0. The van der Waals surface area contributed by atoms with Crippen molar-refractivity contribution >= 4 is 17.9 Å². The summed E-state index contributed by atoms with van der Waals surface area (Å²) >= 11 is 0. The maximum atomic E-state index is 13.0. The van der Waals surface area contributed by atoms with Crippen molar-refractivity contribution in [3.8, 4) is 0 Å². The number of rotatable bonds is 67. The van der Waals surface area contributed by atoms with E-state index in [1.165, 1.54) is 308 Å². The Labute approximate surface area is 493 Å². The molecule has 0 radical (unpaired) electrons. The van der Waals surface area contributed by atoms with Crippen molar-refractivity contribution in [3.63, 3.8) is 0 Å². The van der Waals surface area contributed by atoms with E-state index in [9.17, 15) is 14.4 Å². The molecule has 0 spiro atoms. The topological polar surface area (TPSA) is 78.9 Å². The lowest BCUT2D eigenvalue weighted by Gasteiger charge is -2.18. The first-order valence-electron chi connectivity index (χ1n) is 35.8. The van der Waals surface area contributed by atoms with E-state index in [0.29, 0.717) is 19.3 Å². The molecular formula is C73H138O6. The fraction of sp³-hybridized carbons (Fsp3) is 0.904. The van der Waals surface area contributed by atoms with Crippen molar-refractivity contribution in [2.75, 3.05) is 13.2 Å². The zero-order valence-corrected chi connectivity index (χ0v) is 53.7. The monoisotopic (exact) mass is 1110 g/mol. The van der Waals surface area contributed by atoms with Crippen LogP contribution in [-0.4, -0.2) is 37.2 Å². The Morgan fingerprint density at radius 1 is 0.241 bits per heavy atom. The highest BCUT2D eigenvalue weighted by Gasteiger charge is 2.19. The second-order valence-corrected chi connectivity index (χ2v) is 24.5. The van der Waals surface area contributed by atoms with Crippen molar-refractivity contribution in [2.45, 2.75) is 412 Å². The molecule has 466 valence electrons. The predicted molar refractivity (Wildman–Crippen MR) is 344 cm³/mol. The van der Waals surface area contributed by atoms with E-state index in [-0.39, 0.29) is 31.1 Å². The molecule has 0 heterocycles. The number of unbranched alkanes of at least 4 members (excludes halogenated alkanes) is 52. The lowest BCUT2D eigenvalue weighted by molar-refractivity contribution is -0.167. The Balaban J connectivity index is 4.27. The molecule has 1 atom stereocenters. The minimum Gasteiger partial charge on any atom is -0.462 e. The van der Waals surface area contributed by atoms with Gasteiger partial charge in [-0.15, -0.1) is 0 Å². The molecule has 0 saturated heterocycles. The van der Waals surface area contributed by atoms with Crippen molar-refractivity contribution in [1.29, 1.82) is 0 Å². The van der Waals surface area contributed by atoms with Crippen LogP contribution in [0.4, 0.5) is 0 Å². The van der Waals surface area contributed by atoms with Crippen molar-refractivity contribution in [1.82, 2.24) is 0 Å². The van der Waals surface area contributed by atoms with Gasteiger partial charge in [0.05, 0.1) is 0 Å². The average Bonchev–Trinajstić information content (AvgIpc) is 3.45. The van der Waals surface area contributed by atoms with Crippen LogP contribution in [0.3, 0.4) is 0 Å². The highest BCUT2D eigenvalue weighted by atomic mass is 16.6. The summed E-state index contributed by atoms with van der Waals surface area (Å²) in [7, 11) is 0. The molecule has 0 rings (SSSR count). The van der Waals surface area contributed by atoms with Crippen molar-refractivity contribution in [2.24, 2.45) is 0 Å². The summed E-state index contributed by atoms with van der Waals surface area (Å²) in [5.74, 6) is -0.834. The van der Waals surface area contributed by atoms with Gasteiger partial charge in [0, 0.05) is 19.3 Å². The Morgan fingerprint density at radius 2 is 0.418 bits per heavy atom. The maximum Gasteiger partial charge on any atom is 0.306 e. The zero-order chi connectivity index (χ0) is 57.1. The summed E-state index contributed by atoms with van der Waals surface area (Å²) < 4.78 is 17.0. The van der Waals surface area contributed by atoms with Crippen LogP contribution in [0.2, 0.25) is 0 Å². The van der Waals surface area contributed by atoms with Crippen molar-refractivity contribution in [3.05, 3.63) is 24.3 Å². The molecule has 0 aromatic rings. The van der Waals surface area contributed by atoms with Gasteiger partial charge in [0.25, 0.3) is 0 Å². The molecule has 0 aromatic heterocycles. The van der Waals surface area contributed by atoms with Crippen LogP contribution in [-0.2, 0) is 28.6 Å². The second kappa shape index (κ2) is 68.4. The fourth-order valence-electron chi connectivity index (χ4n) is 11.0. The van der Waals surface area contributed by atoms with Crippen molar-refractivity contribution < 1.29 is 28.6 Å². The standard InChI is InChI=1S/C73H138O6/c1-4-7-10-13-16-19-22-25-28-30-32-34-36-38-40-42-45-48-51-54-57-60-63-66-72(75)78-69-70(68-77-71(74)65-62-59-56-53-50-47-44-27-24-21-18-15-12-9-6-3)79-73(76)67-64-61-58-55-52-49-46-43-41-39-37-35-33-31-29-26-23-20-17-14-11-8-5-2/h30-33,70H,4-29,34-69H2,1-3H3/b32-30-,33-31-. The SMILES string of the molecule is CCCCCCCCCC/C=C\CCCCCCCCCCCCCC(=O)OCC(COC(=O)CCCCCCCCCCCCCCCCC)OC(=O)CCCCCCCCCCCCC/C=C\CCCCCCCCCC. The largest absolute Gasteiger partial charge is 0.462 e. The number of carbonyl (C=O) groups is 3. The highest BCUT2D eigenvalue weighted by molar-refractivity contribution is 5.71. The van der Waals surface area contributed by atoms with Crippen LogP contribution < -0.4 is 0 Å².